The number of benzene rings is 2. The zero-order chi connectivity index (χ0) is 19.1. The molecule has 26 heavy (non-hydrogen) atoms. The molecule has 0 heterocycles. The minimum Gasteiger partial charge on any atom is -0.492 e. The zero-order valence-electron chi connectivity index (χ0n) is 15.2. The van der Waals surface area contributed by atoms with Gasteiger partial charge in [-0.2, -0.15) is 0 Å². The average Bonchev–Trinajstić information content (AvgIpc) is 2.61. The summed E-state index contributed by atoms with van der Waals surface area (Å²) in [5, 5.41) is 3.16. The van der Waals surface area contributed by atoms with Crippen molar-refractivity contribution in [2.75, 3.05) is 13.7 Å². The lowest BCUT2D eigenvalue weighted by atomic mass is 10.2. The minimum absolute atomic E-state index is 0.282. The Bertz CT molecular complexity index is 766. The van der Waals surface area contributed by atoms with Crippen LogP contribution >= 0.6 is 28.1 Å². The molecule has 138 valence electrons. The molecule has 0 bridgehead atoms. The summed E-state index contributed by atoms with van der Waals surface area (Å²) in [7, 11) is 1.85. The van der Waals surface area contributed by atoms with Gasteiger partial charge in [-0.05, 0) is 41.9 Å². The van der Waals surface area contributed by atoms with Gasteiger partial charge in [0, 0.05) is 18.1 Å². The molecular formula is C20H23BrN2O2S. The third kappa shape index (κ3) is 6.11. The number of amides is 1. The van der Waals surface area contributed by atoms with E-state index in [-0.39, 0.29) is 5.91 Å². The predicted molar refractivity (Wildman–Crippen MR) is 112 cm³/mol. The highest BCUT2D eigenvalue weighted by molar-refractivity contribution is 9.10. The van der Waals surface area contributed by atoms with Crippen LogP contribution in [0.15, 0.2) is 53.0 Å². The van der Waals surface area contributed by atoms with Crippen LogP contribution in [-0.4, -0.2) is 29.6 Å². The second-order valence-electron chi connectivity index (χ2n) is 6.45. The molecule has 0 unspecified atom stereocenters. The molecule has 0 aromatic heterocycles. The normalized spacial score (nSPS) is 10.5. The standard InChI is InChI=1S/C20H23BrN2O2S/c1-14(2)13-25-18-10-9-16(21)11-17(18)19(24)22-20(26)23(3)12-15-7-5-4-6-8-15/h4-11,14H,12-13H2,1-3H3,(H,22,24,26). The van der Waals surface area contributed by atoms with Gasteiger partial charge in [0.25, 0.3) is 5.91 Å². The third-order valence-electron chi connectivity index (χ3n) is 3.59. The lowest BCUT2D eigenvalue weighted by Gasteiger charge is -2.21. The van der Waals surface area contributed by atoms with Gasteiger partial charge >= 0.3 is 0 Å². The summed E-state index contributed by atoms with van der Waals surface area (Å²) in [5.74, 6) is 0.635. The van der Waals surface area contributed by atoms with Crippen molar-refractivity contribution in [1.29, 1.82) is 0 Å². The van der Waals surface area contributed by atoms with Gasteiger partial charge in [0.15, 0.2) is 5.11 Å². The molecule has 0 radical (unpaired) electrons. The van der Waals surface area contributed by atoms with E-state index in [4.69, 9.17) is 17.0 Å². The van der Waals surface area contributed by atoms with Gasteiger partial charge < -0.3 is 9.64 Å². The lowest BCUT2D eigenvalue weighted by Crippen LogP contribution is -2.40. The molecule has 0 saturated carbocycles. The molecule has 0 saturated heterocycles. The second-order valence-corrected chi connectivity index (χ2v) is 7.75. The number of hydrogen-bond acceptors (Lipinski definition) is 3. The van der Waals surface area contributed by atoms with Gasteiger partial charge in [0.2, 0.25) is 0 Å². The van der Waals surface area contributed by atoms with Gasteiger partial charge in [-0.3, -0.25) is 10.1 Å². The van der Waals surface area contributed by atoms with Crippen LogP contribution in [0.3, 0.4) is 0 Å². The SMILES string of the molecule is CC(C)COc1ccc(Br)cc1C(=O)NC(=S)N(C)Cc1ccccc1. The van der Waals surface area contributed by atoms with Crippen LogP contribution in [0.5, 0.6) is 5.75 Å². The smallest absolute Gasteiger partial charge is 0.261 e. The number of carbonyl (C=O) groups is 1. The van der Waals surface area contributed by atoms with E-state index in [0.29, 0.717) is 35.5 Å². The highest BCUT2D eigenvalue weighted by Crippen LogP contribution is 2.24. The molecule has 2 aromatic rings. The highest BCUT2D eigenvalue weighted by Gasteiger charge is 2.17. The molecule has 6 heteroatoms. The van der Waals surface area contributed by atoms with E-state index < -0.39 is 0 Å². The fourth-order valence-electron chi connectivity index (χ4n) is 2.25. The Morgan fingerprint density at radius 3 is 2.58 bits per heavy atom. The molecule has 4 nitrogen and oxygen atoms in total. The zero-order valence-corrected chi connectivity index (χ0v) is 17.6. The first-order chi connectivity index (χ1) is 12.4. The number of thiocarbonyl (C=S) groups is 1. The first kappa shape index (κ1) is 20.4. The Morgan fingerprint density at radius 2 is 1.92 bits per heavy atom. The largest absolute Gasteiger partial charge is 0.492 e. The Balaban J connectivity index is 2.06. The highest BCUT2D eigenvalue weighted by atomic mass is 79.9. The van der Waals surface area contributed by atoms with Crippen molar-refractivity contribution in [3.8, 4) is 5.75 Å². The maximum Gasteiger partial charge on any atom is 0.261 e. The van der Waals surface area contributed by atoms with Crippen molar-refractivity contribution in [1.82, 2.24) is 10.2 Å². The van der Waals surface area contributed by atoms with Gasteiger partial charge in [-0.25, -0.2) is 0 Å². The Morgan fingerprint density at radius 1 is 1.23 bits per heavy atom. The van der Waals surface area contributed by atoms with Crippen molar-refractivity contribution < 1.29 is 9.53 Å². The molecule has 2 aromatic carbocycles. The Labute approximate surface area is 168 Å². The van der Waals surface area contributed by atoms with Crippen molar-refractivity contribution in [2.24, 2.45) is 5.92 Å². The summed E-state index contributed by atoms with van der Waals surface area (Å²) in [5.41, 5.74) is 1.57. The Kier molecular flexibility index (Phi) is 7.60. The monoisotopic (exact) mass is 434 g/mol. The number of nitrogens with zero attached hydrogens (tertiary/aromatic N) is 1. The molecule has 1 amide bonds. The van der Waals surface area contributed by atoms with Crippen LogP contribution in [0.4, 0.5) is 0 Å². The van der Waals surface area contributed by atoms with Gasteiger partial charge in [0.05, 0.1) is 12.2 Å². The maximum atomic E-state index is 12.7. The van der Waals surface area contributed by atoms with Crippen molar-refractivity contribution >= 4 is 39.2 Å². The second kappa shape index (κ2) is 9.69. The van der Waals surface area contributed by atoms with E-state index in [2.05, 4.69) is 35.1 Å². The number of carbonyl (C=O) groups excluding carboxylic acids is 1. The quantitative estimate of drug-likeness (QED) is 0.672. The summed E-state index contributed by atoms with van der Waals surface area (Å²) in [4.78, 5) is 14.5. The van der Waals surface area contributed by atoms with Crippen LogP contribution in [0.25, 0.3) is 0 Å². The van der Waals surface area contributed by atoms with Crippen LogP contribution in [0.1, 0.15) is 29.8 Å². The number of rotatable bonds is 6. The topological polar surface area (TPSA) is 41.6 Å². The molecule has 1 N–H and O–H groups in total. The third-order valence-corrected chi connectivity index (χ3v) is 4.50. The minimum atomic E-state index is -0.282. The molecule has 2 rings (SSSR count). The number of nitrogens with one attached hydrogen (secondary N) is 1. The molecule has 0 aliphatic rings. The summed E-state index contributed by atoms with van der Waals surface area (Å²) in [6.07, 6.45) is 0. The van der Waals surface area contributed by atoms with Crippen LogP contribution in [0, 0.1) is 5.92 Å². The van der Waals surface area contributed by atoms with E-state index in [1.807, 2.05) is 48.3 Å². The van der Waals surface area contributed by atoms with Gasteiger partial charge in [-0.15, -0.1) is 0 Å². The first-order valence-electron chi connectivity index (χ1n) is 8.39. The van der Waals surface area contributed by atoms with E-state index in [1.54, 1.807) is 12.1 Å². The van der Waals surface area contributed by atoms with E-state index in [0.717, 1.165) is 10.0 Å². The molecule has 0 spiro atoms. The number of hydrogen-bond donors (Lipinski definition) is 1. The lowest BCUT2D eigenvalue weighted by molar-refractivity contribution is 0.0969. The molecule has 0 fully saturated rings. The van der Waals surface area contributed by atoms with Crippen LogP contribution < -0.4 is 10.1 Å². The van der Waals surface area contributed by atoms with Gasteiger partial charge in [0.1, 0.15) is 5.75 Å². The molecule has 0 aliphatic heterocycles. The van der Waals surface area contributed by atoms with E-state index >= 15 is 0 Å². The van der Waals surface area contributed by atoms with Gasteiger partial charge in [-0.1, -0.05) is 60.1 Å². The predicted octanol–water partition coefficient (Wildman–Crippen LogP) is 4.63. The number of ether oxygens (including phenoxy) is 1. The van der Waals surface area contributed by atoms with Crippen molar-refractivity contribution in [3.63, 3.8) is 0 Å². The van der Waals surface area contributed by atoms with E-state index in [9.17, 15) is 4.79 Å². The fraction of sp³-hybridized carbons (Fsp3) is 0.300. The first-order valence-corrected chi connectivity index (χ1v) is 9.59. The van der Waals surface area contributed by atoms with E-state index in [1.165, 1.54) is 0 Å². The molecule has 0 aliphatic carbocycles. The maximum absolute atomic E-state index is 12.7. The number of halogens is 1. The summed E-state index contributed by atoms with van der Waals surface area (Å²) >= 11 is 8.78. The summed E-state index contributed by atoms with van der Waals surface area (Å²) in [6.45, 7) is 5.29. The summed E-state index contributed by atoms with van der Waals surface area (Å²) in [6, 6.07) is 15.3. The average molecular weight is 435 g/mol. The fourth-order valence-corrected chi connectivity index (χ4v) is 2.77. The summed E-state index contributed by atoms with van der Waals surface area (Å²) < 4.78 is 6.58. The molecular weight excluding hydrogens is 412 g/mol. The van der Waals surface area contributed by atoms with Crippen molar-refractivity contribution in [3.05, 3.63) is 64.1 Å². The van der Waals surface area contributed by atoms with Crippen LogP contribution in [0.2, 0.25) is 0 Å². The Hall–Kier alpha value is -1.92. The van der Waals surface area contributed by atoms with Crippen molar-refractivity contribution in [2.45, 2.75) is 20.4 Å². The molecule has 0 atom stereocenters. The van der Waals surface area contributed by atoms with Crippen LogP contribution in [-0.2, 0) is 6.54 Å².